The van der Waals surface area contributed by atoms with E-state index in [1.165, 1.54) is 0 Å². The number of carbonyl (C=O) groups is 1. The van der Waals surface area contributed by atoms with Crippen molar-refractivity contribution in [2.24, 2.45) is 0 Å². The molecule has 3 aromatic rings. The van der Waals surface area contributed by atoms with Gasteiger partial charge in [-0.3, -0.25) is 4.79 Å². The standard InChI is InChI=1S/C21H23N5O/c1-24-12-14-26(15-13-24)20-9-6-18(16-22-20)23-21(27)17-4-7-19(8-5-17)25-10-2-3-11-25/h2-11,16H,12-15H2,1H3,(H,23,27). The third-order valence-corrected chi connectivity index (χ3v) is 4.87. The summed E-state index contributed by atoms with van der Waals surface area (Å²) in [4.78, 5) is 21.6. The molecule has 138 valence electrons. The van der Waals surface area contributed by atoms with Crippen LogP contribution in [-0.2, 0) is 0 Å². The van der Waals surface area contributed by atoms with Crippen molar-refractivity contribution >= 4 is 17.4 Å². The van der Waals surface area contributed by atoms with Crippen LogP contribution in [0.25, 0.3) is 5.69 Å². The molecule has 1 amide bonds. The fourth-order valence-electron chi connectivity index (χ4n) is 3.18. The highest BCUT2D eigenvalue weighted by Gasteiger charge is 2.15. The van der Waals surface area contributed by atoms with Crippen LogP contribution in [0.2, 0.25) is 0 Å². The zero-order chi connectivity index (χ0) is 18.6. The van der Waals surface area contributed by atoms with E-state index >= 15 is 0 Å². The molecule has 6 heteroatoms. The maximum Gasteiger partial charge on any atom is 0.255 e. The minimum absolute atomic E-state index is 0.136. The van der Waals surface area contributed by atoms with E-state index in [2.05, 4.69) is 27.1 Å². The van der Waals surface area contributed by atoms with Crippen molar-refractivity contribution in [2.75, 3.05) is 43.4 Å². The van der Waals surface area contributed by atoms with Gasteiger partial charge in [-0.1, -0.05) is 0 Å². The van der Waals surface area contributed by atoms with Gasteiger partial charge in [-0.2, -0.15) is 0 Å². The van der Waals surface area contributed by atoms with E-state index in [9.17, 15) is 4.79 Å². The molecule has 0 atom stereocenters. The Morgan fingerprint density at radius 3 is 2.30 bits per heavy atom. The number of hydrogen-bond acceptors (Lipinski definition) is 4. The Morgan fingerprint density at radius 2 is 1.67 bits per heavy atom. The monoisotopic (exact) mass is 361 g/mol. The van der Waals surface area contributed by atoms with Gasteiger partial charge in [-0.05, 0) is 55.6 Å². The topological polar surface area (TPSA) is 53.4 Å². The summed E-state index contributed by atoms with van der Waals surface area (Å²) < 4.78 is 2.00. The van der Waals surface area contributed by atoms with Gasteiger partial charge < -0.3 is 19.7 Å². The highest BCUT2D eigenvalue weighted by atomic mass is 16.1. The lowest BCUT2D eigenvalue weighted by molar-refractivity contribution is 0.102. The Kier molecular flexibility index (Phi) is 4.89. The quantitative estimate of drug-likeness (QED) is 0.776. The lowest BCUT2D eigenvalue weighted by atomic mass is 10.2. The van der Waals surface area contributed by atoms with Crippen LogP contribution in [0.3, 0.4) is 0 Å². The summed E-state index contributed by atoms with van der Waals surface area (Å²) >= 11 is 0. The van der Waals surface area contributed by atoms with Gasteiger partial charge in [0.25, 0.3) is 5.91 Å². The van der Waals surface area contributed by atoms with Gasteiger partial charge in [0.05, 0.1) is 11.9 Å². The molecular formula is C21H23N5O. The van der Waals surface area contributed by atoms with Gasteiger partial charge in [0.1, 0.15) is 5.82 Å². The van der Waals surface area contributed by atoms with Gasteiger partial charge >= 0.3 is 0 Å². The molecule has 1 aliphatic heterocycles. The maximum atomic E-state index is 12.5. The second-order valence-corrected chi connectivity index (χ2v) is 6.79. The van der Waals surface area contributed by atoms with Crippen LogP contribution in [0.15, 0.2) is 67.1 Å². The van der Waals surface area contributed by atoms with Crippen LogP contribution in [0, 0.1) is 0 Å². The van der Waals surface area contributed by atoms with Gasteiger partial charge in [0.2, 0.25) is 0 Å². The first-order valence-corrected chi connectivity index (χ1v) is 9.13. The van der Waals surface area contributed by atoms with E-state index in [-0.39, 0.29) is 5.91 Å². The number of rotatable bonds is 4. The minimum atomic E-state index is -0.136. The molecule has 2 aromatic heterocycles. The Labute approximate surface area is 159 Å². The third-order valence-electron chi connectivity index (χ3n) is 4.87. The number of benzene rings is 1. The number of aromatic nitrogens is 2. The molecular weight excluding hydrogens is 338 g/mol. The number of nitrogens with one attached hydrogen (secondary N) is 1. The van der Waals surface area contributed by atoms with Gasteiger partial charge in [0.15, 0.2) is 0 Å². The second kappa shape index (κ2) is 7.63. The molecule has 27 heavy (non-hydrogen) atoms. The fraction of sp³-hybridized carbons (Fsp3) is 0.238. The fourth-order valence-corrected chi connectivity index (χ4v) is 3.18. The predicted molar refractivity (Wildman–Crippen MR) is 108 cm³/mol. The lowest BCUT2D eigenvalue weighted by Gasteiger charge is -2.33. The van der Waals surface area contributed by atoms with Crippen LogP contribution in [0.4, 0.5) is 11.5 Å². The number of carbonyl (C=O) groups excluding carboxylic acids is 1. The van der Waals surface area contributed by atoms with Crippen molar-refractivity contribution in [1.82, 2.24) is 14.5 Å². The summed E-state index contributed by atoms with van der Waals surface area (Å²) in [5.41, 5.74) is 2.34. The summed E-state index contributed by atoms with van der Waals surface area (Å²) in [6.45, 7) is 4.03. The largest absolute Gasteiger partial charge is 0.354 e. The average Bonchev–Trinajstić information content (AvgIpc) is 3.24. The van der Waals surface area contributed by atoms with Gasteiger partial charge in [-0.15, -0.1) is 0 Å². The van der Waals surface area contributed by atoms with E-state index in [1.807, 2.05) is 65.5 Å². The number of hydrogen-bond donors (Lipinski definition) is 1. The van der Waals surface area contributed by atoms with Crippen LogP contribution < -0.4 is 10.2 Å². The normalized spacial score (nSPS) is 14.9. The lowest BCUT2D eigenvalue weighted by Crippen LogP contribution is -2.44. The zero-order valence-corrected chi connectivity index (χ0v) is 15.4. The molecule has 1 fully saturated rings. The Morgan fingerprint density at radius 1 is 0.963 bits per heavy atom. The molecule has 1 N–H and O–H groups in total. The van der Waals surface area contributed by atoms with Crippen molar-refractivity contribution in [3.05, 3.63) is 72.7 Å². The van der Waals surface area contributed by atoms with Crippen molar-refractivity contribution in [2.45, 2.75) is 0 Å². The Hall–Kier alpha value is -3.12. The summed E-state index contributed by atoms with van der Waals surface area (Å²) in [7, 11) is 2.13. The average molecular weight is 361 g/mol. The Bertz CT molecular complexity index is 879. The smallest absolute Gasteiger partial charge is 0.255 e. The van der Waals surface area contributed by atoms with Crippen molar-refractivity contribution in [1.29, 1.82) is 0 Å². The van der Waals surface area contributed by atoms with Crippen LogP contribution in [0.5, 0.6) is 0 Å². The Balaban J connectivity index is 1.39. The van der Waals surface area contributed by atoms with Crippen LogP contribution >= 0.6 is 0 Å². The van der Waals surface area contributed by atoms with Crippen LogP contribution in [-0.4, -0.2) is 53.6 Å². The van der Waals surface area contributed by atoms with E-state index in [0.717, 1.165) is 37.7 Å². The molecule has 0 aliphatic carbocycles. The maximum absolute atomic E-state index is 12.5. The first kappa shape index (κ1) is 17.3. The summed E-state index contributed by atoms with van der Waals surface area (Å²) in [6.07, 6.45) is 5.67. The minimum Gasteiger partial charge on any atom is -0.354 e. The predicted octanol–water partition coefficient (Wildman–Crippen LogP) is 2.88. The molecule has 3 heterocycles. The molecule has 0 bridgehead atoms. The van der Waals surface area contributed by atoms with Crippen molar-refractivity contribution in [3.8, 4) is 5.69 Å². The molecule has 0 spiro atoms. The number of nitrogens with zero attached hydrogens (tertiary/aromatic N) is 4. The molecule has 6 nitrogen and oxygen atoms in total. The molecule has 1 aromatic carbocycles. The van der Waals surface area contributed by atoms with Crippen LogP contribution in [0.1, 0.15) is 10.4 Å². The number of likely N-dealkylation sites (N-methyl/N-ethyl adjacent to an activating group) is 1. The molecule has 1 saturated heterocycles. The summed E-state index contributed by atoms with van der Waals surface area (Å²) in [5.74, 6) is 0.820. The molecule has 1 aliphatic rings. The van der Waals surface area contributed by atoms with Gasteiger partial charge in [-0.25, -0.2) is 4.98 Å². The van der Waals surface area contributed by atoms with Crippen molar-refractivity contribution in [3.63, 3.8) is 0 Å². The van der Waals surface area contributed by atoms with E-state index in [4.69, 9.17) is 0 Å². The highest BCUT2D eigenvalue weighted by molar-refractivity contribution is 6.04. The van der Waals surface area contributed by atoms with E-state index < -0.39 is 0 Å². The number of pyridine rings is 1. The van der Waals surface area contributed by atoms with Crippen molar-refractivity contribution < 1.29 is 4.79 Å². The zero-order valence-electron chi connectivity index (χ0n) is 15.4. The van der Waals surface area contributed by atoms with E-state index in [1.54, 1.807) is 6.20 Å². The SMILES string of the molecule is CN1CCN(c2ccc(NC(=O)c3ccc(-n4cccc4)cc3)cn2)CC1. The number of amides is 1. The summed E-state index contributed by atoms with van der Waals surface area (Å²) in [5, 5.41) is 2.91. The van der Waals surface area contributed by atoms with Gasteiger partial charge in [0, 0.05) is 49.8 Å². The number of anilines is 2. The molecule has 0 radical (unpaired) electrons. The second-order valence-electron chi connectivity index (χ2n) is 6.79. The summed E-state index contributed by atoms with van der Waals surface area (Å²) in [6, 6.07) is 15.3. The first-order valence-electron chi connectivity index (χ1n) is 9.13. The third kappa shape index (κ3) is 4.01. The molecule has 4 rings (SSSR count). The highest BCUT2D eigenvalue weighted by Crippen LogP contribution is 2.17. The molecule has 0 saturated carbocycles. The first-order chi connectivity index (χ1) is 13.2. The number of piperazine rings is 1. The van der Waals surface area contributed by atoms with E-state index in [0.29, 0.717) is 11.3 Å². The molecule has 0 unspecified atom stereocenters.